The fourth-order valence-corrected chi connectivity index (χ4v) is 4.86. The molecule has 18 heavy (non-hydrogen) atoms. The van der Waals surface area contributed by atoms with Crippen LogP contribution in [0.2, 0.25) is 5.02 Å². The summed E-state index contributed by atoms with van der Waals surface area (Å²) in [4.78, 5) is 3.55. The molecule has 2 fully saturated rings. The average Bonchev–Trinajstić information content (AvgIpc) is 2.30. The summed E-state index contributed by atoms with van der Waals surface area (Å²) in [7, 11) is 0. The summed E-state index contributed by atoms with van der Waals surface area (Å²) in [6, 6.07) is 1.40. The summed E-state index contributed by atoms with van der Waals surface area (Å²) in [5.74, 6) is 0.0194. The van der Waals surface area contributed by atoms with E-state index in [1.54, 1.807) is 0 Å². The Labute approximate surface area is 114 Å². The van der Waals surface area contributed by atoms with Crippen molar-refractivity contribution in [2.24, 2.45) is 0 Å². The number of hydrogen-bond acceptors (Lipinski definition) is 2. The van der Waals surface area contributed by atoms with Crippen molar-refractivity contribution < 1.29 is 8.78 Å². The van der Waals surface area contributed by atoms with Gasteiger partial charge in [0, 0.05) is 22.9 Å². The molecule has 0 aromatic carbocycles. The summed E-state index contributed by atoms with van der Waals surface area (Å²) in [6.45, 7) is 0. The molecule has 0 radical (unpaired) electrons. The zero-order valence-electron chi connectivity index (χ0n) is 9.89. The minimum atomic E-state index is -1.60. The van der Waals surface area contributed by atoms with Crippen LogP contribution < -0.4 is 0 Å². The van der Waals surface area contributed by atoms with E-state index in [-0.39, 0.29) is 10.3 Å². The van der Waals surface area contributed by atoms with Gasteiger partial charge < -0.3 is 0 Å². The molecular weight excluding hydrogens is 276 g/mol. The van der Waals surface area contributed by atoms with Crippen molar-refractivity contribution in [1.29, 1.82) is 0 Å². The van der Waals surface area contributed by atoms with Gasteiger partial charge in [-0.2, -0.15) is 16.2 Å². The Morgan fingerprint density at radius 2 is 2.11 bits per heavy atom. The molecule has 1 aliphatic carbocycles. The van der Waals surface area contributed by atoms with Crippen LogP contribution in [-0.4, -0.2) is 15.5 Å². The SMILES string of the molecule is Fc1ncc(Cl)cc1C1(F)CCSC2(CCC2)C1. The van der Waals surface area contributed by atoms with Crippen LogP contribution in [0.15, 0.2) is 12.3 Å². The van der Waals surface area contributed by atoms with Crippen molar-refractivity contribution in [2.45, 2.75) is 42.5 Å². The summed E-state index contributed by atoms with van der Waals surface area (Å²) < 4.78 is 28.9. The standard InChI is InChI=1S/C13H14ClF2NS/c14-9-6-10(11(15)17-7-9)13(16)4-5-18-12(8-13)2-1-3-12/h6-7H,1-5,8H2. The molecule has 0 bridgehead atoms. The van der Waals surface area contributed by atoms with Crippen LogP contribution in [-0.2, 0) is 5.67 Å². The lowest BCUT2D eigenvalue weighted by molar-refractivity contribution is 0.0928. The van der Waals surface area contributed by atoms with Gasteiger partial charge >= 0.3 is 0 Å². The van der Waals surface area contributed by atoms with Crippen LogP contribution in [0.25, 0.3) is 0 Å². The normalized spacial score (nSPS) is 30.2. The Hall–Kier alpha value is -0.350. The van der Waals surface area contributed by atoms with Gasteiger partial charge in [-0.3, -0.25) is 0 Å². The Morgan fingerprint density at radius 3 is 2.78 bits per heavy atom. The number of nitrogens with zero attached hydrogens (tertiary/aromatic N) is 1. The number of aromatic nitrogens is 1. The zero-order valence-corrected chi connectivity index (χ0v) is 11.5. The van der Waals surface area contributed by atoms with E-state index in [4.69, 9.17) is 11.6 Å². The van der Waals surface area contributed by atoms with Gasteiger partial charge in [-0.15, -0.1) is 0 Å². The largest absolute Gasteiger partial charge is 0.238 e. The fraction of sp³-hybridized carbons (Fsp3) is 0.615. The molecule has 1 aromatic heterocycles. The van der Waals surface area contributed by atoms with Crippen molar-refractivity contribution >= 4 is 23.4 Å². The summed E-state index contributed by atoms with van der Waals surface area (Å²) >= 11 is 7.66. The minimum Gasteiger partial charge on any atom is -0.238 e. The van der Waals surface area contributed by atoms with E-state index >= 15 is 4.39 Å². The highest BCUT2D eigenvalue weighted by molar-refractivity contribution is 8.00. The third kappa shape index (κ3) is 2.03. The molecule has 1 saturated carbocycles. The van der Waals surface area contributed by atoms with E-state index in [1.165, 1.54) is 12.3 Å². The fourth-order valence-electron chi connectivity index (χ4n) is 2.94. The highest BCUT2D eigenvalue weighted by atomic mass is 35.5. The molecule has 1 saturated heterocycles. The maximum Gasteiger partial charge on any atom is 0.219 e. The minimum absolute atomic E-state index is 0.0295. The Morgan fingerprint density at radius 1 is 1.33 bits per heavy atom. The molecule has 2 aliphatic rings. The van der Waals surface area contributed by atoms with Crippen molar-refractivity contribution in [3.8, 4) is 0 Å². The van der Waals surface area contributed by atoms with Gasteiger partial charge in [0.2, 0.25) is 5.95 Å². The lowest BCUT2D eigenvalue weighted by atomic mass is 9.73. The predicted molar refractivity (Wildman–Crippen MR) is 70.3 cm³/mol. The van der Waals surface area contributed by atoms with E-state index in [9.17, 15) is 4.39 Å². The van der Waals surface area contributed by atoms with E-state index < -0.39 is 11.6 Å². The molecule has 0 amide bonds. The van der Waals surface area contributed by atoms with Crippen molar-refractivity contribution in [1.82, 2.24) is 4.98 Å². The predicted octanol–water partition coefficient (Wildman–Crippen LogP) is 4.49. The van der Waals surface area contributed by atoms with Crippen LogP contribution >= 0.6 is 23.4 Å². The smallest absolute Gasteiger partial charge is 0.219 e. The molecule has 98 valence electrons. The van der Waals surface area contributed by atoms with Crippen LogP contribution in [0.1, 0.15) is 37.7 Å². The van der Waals surface area contributed by atoms with Crippen molar-refractivity contribution in [3.05, 3.63) is 28.8 Å². The first-order chi connectivity index (χ1) is 8.53. The molecule has 5 heteroatoms. The first-order valence-corrected chi connectivity index (χ1v) is 7.54. The van der Waals surface area contributed by atoms with Gasteiger partial charge in [0.05, 0.1) is 5.02 Å². The summed E-state index contributed by atoms with van der Waals surface area (Å²) in [5, 5.41) is 0.296. The van der Waals surface area contributed by atoms with Crippen LogP contribution in [0.5, 0.6) is 0 Å². The van der Waals surface area contributed by atoms with E-state index in [0.717, 1.165) is 25.0 Å². The third-order valence-electron chi connectivity index (χ3n) is 4.06. The maximum absolute atomic E-state index is 15.1. The topological polar surface area (TPSA) is 12.9 Å². The molecule has 2 heterocycles. The number of pyridine rings is 1. The Kier molecular flexibility index (Phi) is 3.06. The van der Waals surface area contributed by atoms with Crippen molar-refractivity contribution in [2.75, 3.05) is 5.75 Å². The van der Waals surface area contributed by atoms with Gasteiger partial charge in [-0.1, -0.05) is 18.0 Å². The van der Waals surface area contributed by atoms with Gasteiger partial charge in [0.15, 0.2) is 0 Å². The molecular formula is C13H14ClF2NS. The first-order valence-electron chi connectivity index (χ1n) is 6.18. The summed E-state index contributed by atoms with van der Waals surface area (Å²) in [5.41, 5.74) is -1.56. The number of rotatable bonds is 1. The molecule has 1 atom stereocenters. The molecule has 1 aromatic rings. The molecule has 0 N–H and O–H groups in total. The Bertz CT molecular complexity index is 478. The van der Waals surface area contributed by atoms with Crippen LogP contribution in [0, 0.1) is 5.95 Å². The monoisotopic (exact) mass is 289 g/mol. The van der Waals surface area contributed by atoms with Gasteiger partial charge in [-0.25, -0.2) is 9.37 Å². The molecule has 1 aliphatic heterocycles. The zero-order chi connectivity index (χ0) is 12.8. The second kappa shape index (κ2) is 4.34. The van der Waals surface area contributed by atoms with Crippen LogP contribution in [0.3, 0.4) is 0 Å². The highest BCUT2D eigenvalue weighted by Gasteiger charge is 2.50. The number of halogens is 3. The summed E-state index contributed by atoms with van der Waals surface area (Å²) in [6.07, 6.45) is 5.19. The lowest BCUT2D eigenvalue weighted by Crippen LogP contribution is -2.44. The number of thioether (sulfide) groups is 1. The second-order valence-corrected chi connectivity index (χ2v) is 7.27. The second-order valence-electron chi connectivity index (χ2n) is 5.27. The van der Waals surface area contributed by atoms with E-state index in [1.807, 2.05) is 11.8 Å². The third-order valence-corrected chi connectivity index (χ3v) is 5.84. The quantitative estimate of drug-likeness (QED) is 0.707. The Balaban J connectivity index is 1.95. The average molecular weight is 290 g/mol. The number of hydrogen-bond donors (Lipinski definition) is 0. The molecule has 1 unspecified atom stereocenters. The highest BCUT2D eigenvalue weighted by Crippen LogP contribution is 2.57. The van der Waals surface area contributed by atoms with Gasteiger partial charge in [0.25, 0.3) is 0 Å². The molecule has 3 rings (SSSR count). The van der Waals surface area contributed by atoms with E-state index in [0.29, 0.717) is 17.9 Å². The maximum atomic E-state index is 15.1. The number of alkyl halides is 1. The lowest BCUT2D eigenvalue weighted by Gasteiger charge is -2.49. The first kappa shape index (κ1) is 12.7. The van der Waals surface area contributed by atoms with Gasteiger partial charge in [-0.05, 0) is 31.1 Å². The van der Waals surface area contributed by atoms with Crippen LogP contribution in [0.4, 0.5) is 8.78 Å². The van der Waals surface area contributed by atoms with Crippen molar-refractivity contribution in [3.63, 3.8) is 0 Å². The van der Waals surface area contributed by atoms with E-state index in [2.05, 4.69) is 4.98 Å². The molecule has 1 spiro atoms. The molecule has 1 nitrogen and oxygen atoms in total. The van der Waals surface area contributed by atoms with Gasteiger partial charge in [0.1, 0.15) is 5.67 Å².